The lowest BCUT2D eigenvalue weighted by atomic mass is 9.98. The zero-order valence-corrected chi connectivity index (χ0v) is 11.4. The van der Waals surface area contributed by atoms with Crippen LogP contribution >= 0.6 is 0 Å². The van der Waals surface area contributed by atoms with Gasteiger partial charge in [0.15, 0.2) is 0 Å². The standard InChI is InChI=1S/C17H14N4/c1-2-4-14-13(3-1)17-15(20-8-7-16(17)21-14)6-5-12-9-18-11-19-10-12/h1-4,9-11,15,20-21H,7-8H2. The Morgan fingerprint density at radius 1 is 1.14 bits per heavy atom. The van der Waals surface area contributed by atoms with E-state index in [1.165, 1.54) is 28.5 Å². The van der Waals surface area contributed by atoms with Gasteiger partial charge in [-0.3, -0.25) is 5.32 Å². The highest BCUT2D eigenvalue weighted by atomic mass is 14.9. The number of aromatic amines is 1. The molecule has 1 aliphatic heterocycles. The summed E-state index contributed by atoms with van der Waals surface area (Å²) in [6, 6.07) is 8.44. The fourth-order valence-electron chi connectivity index (χ4n) is 2.83. The first-order chi connectivity index (χ1) is 10.4. The summed E-state index contributed by atoms with van der Waals surface area (Å²) in [5.41, 5.74) is 4.59. The van der Waals surface area contributed by atoms with E-state index in [0.717, 1.165) is 18.5 Å². The van der Waals surface area contributed by atoms with Crippen molar-refractivity contribution in [1.82, 2.24) is 20.3 Å². The highest BCUT2D eigenvalue weighted by Crippen LogP contribution is 2.30. The predicted molar refractivity (Wildman–Crippen MR) is 81.7 cm³/mol. The Bertz CT molecular complexity index is 839. The Morgan fingerprint density at radius 3 is 2.90 bits per heavy atom. The van der Waals surface area contributed by atoms with Gasteiger partial charge >= 0.3 is 0 Å². The van der Waals surface area contributed by atoms with E-state index < -0.39 is 0 Å². The number of nitrogens with zero attached hydrogens (tertiary/aromatic N) is 2. The van der Waals surface area contributed by atoms with Crippen molar-refractivity contribution in [3.8, 4) is 11.8 Å². The lowest BCUT2D eigenvalue weighted by Crippen LogP contribution is -2.28. The van der Waals surface area contributed by atoms with Crippen LogP contribution in [0.15, 0.2) is 43.0 Å². The van der Waals surface area contributed by atoms with Crippen LogP contribution in [-0.4, -0.2) is 21.5 Å². The van der Waals surface area contributed by atoms with Gasteiger partial charge in [-0.15, -0.1) is 0 Å². The average molecular weight is 274 g/mol. The molecule has 0 saturated carbocycles. The van der Waals surface area contributed by atoms with Gasteiger partial charge in [-0.25, -0.2) is 9.97 Å². The van der Waals surface area contributed by atoms with Crippen molar-refractivity contribution in [2.75, 3.05) is 6.54 Å². The molecule has 0 aliphatic carbocycles. The van der Waals surface area contributed by atoms with Crippen molar-refractivity contribution < 1.29 is 0 Å². The fourth-order valence-corrected chi connectivity index (χ4v) is 2.83. The van der Waals surface area contributed by atoms with E-state index in [1.807, 2.05) is 0 Å². The van der Waals surface area contributed by atoms with Crippen molar-refractivity contribution in [3.63, 3.8) is 0 Å². The molecule has 0 amide bonds. The smallest absolute Gasteiger partial charge is 0.115 e. The Hall–Kier alpha value is -2.64. The first kappa shape index (κ1) is 12.1. The van der Waals surface area contributed by atoms with Gasteiger partial charge in [-0.2, -0.15) is 0 Å². The molecule has 2 N–H and O–H groups in total. The molecule has 0 bridgehead atoms. The average Bonchev–Trinajstić information content (AvgIpc) is 2.93. The van der Waals surface area contributed by atoms with Gasteiger partial charge in [-0.1, -0.05) is 30.0 Å². The van der Waals surface area contributed by atoms with E-state index in [1.54, 1.807) is 12.4 Å². The molecular weight excluding hydrogens is 260 g/mol. The lowest BCUT2D eigenvalue weighted by molar-refractivity contribution is 0.593. The van der Waals surface area contributed by atoms with Crippen LogP contribution in [0.25, 0.3) is 10.9 Å². The number of hydrogen-bond acceptors (Lipinski definition) is 3. The third-order valence-electron chi connectivity index (χ3n) is 3.76. The summed E-state index contributed by atoms with van der Waals surface area (Å²) >= 11 is 0. The van der Waals surface area contributed by atoms with Crippen molar-refractivity contribution >= 4 is 10.9 Å². The molecule has 0 fully saturated rings. The Morgan fingerprint density at radius 2 is 2.00 bits per heavy atom. The molecule has 4 rings (SSSR count). The summed E-state index contributed by atoms with van der Waals surface area (Å²) in [5.74, 6) is 6.47. The normalized spacial score (nSPS) is 17.0. The summed E-state index contributed by atoms with van der Waals surface area (Å²) in [7, 11) is 0. The summed E-state index contributed by atoms with van der Waals surface area (Å²) in [6.45, 7) is 0.935. The van der Waals surface area contributed by atoms with Crippen LogP contribution < -0.4 is 5.32 Å². The quantitative estimate of drug-likeness (QED) is 0.618. The number of fused-ring (bicyclic) bond motifs is 3. The van der Waals surface area contributed by atoms with Gasteiger partial charge < -0.3 is 4.98 Å². The number of para-hydroxylation sites is 1. The molecule has 102 valence electrons. The highest BCUT2D eigenvalue weighted by molar-refractivity contribution is 5.86. The number of benzene rings is 1. The van der Waals surface area contributed by atoms with E-state index in [-0.39, 0.29) is 6.04 Å². The molecule has 0 spiro atoms. The minimum absolute atomic E-state index is 0.0464. The van der Waals surface area contributed by atoms with Crippen LogP contribution in [0.4, 0.5) is 0 Å². The largest absolute Gasteiger partial charge is 0.358 e. The second-order valence-corrected chi connectivity index (χ2v) is 5.10. The van der Waals surface area contributed by atoms with E-state index >= 15 is 0 Å². The third-order valence-corrected chi connectivity index (χ3v) is 3.76. The second kappa shape index (κ2) is 5.04. The number of H-pyrrole nitrogens is 1. The maximum Gasteiger partial charge on any atom is 0.115 e. The zero-order chi connectivity index (χ0) is 14.1. The molecule has 3 heterocycles. The Balaban J connectivity index is 1.78. The summed E-state index contributed by atoms with van der Waals surface area (Å²) in [5, 5.41) is 4.74. The summed E-state index contributed by atoms with van der Waals surface area (Å²) in [6.07, 6.45) is 6.00. The molecule has 4 nitrogen and oxygen atoms in total. The van der Waals surface area contributed by atoms with Crippen LogP contribution in [0.3, 0.4) is 0 Å². The van der Waals surface area contributed by atoms with Gasteiger partial charge in [0, 0.05) is 47.5 Å². The number of rotatable bonds is 0. The molecule has 21 heavy (non-hydrogen) atoms. The molecule has 1 unspecified atom stereocenters. The molecular formula is C17H14N4. The van der Waals surface area contributed by atoms with Crippen LogP contribution in [0.2, 0.25) is 0 Å². The topological polar surface area (TPSA) is 53.6 Å². The number of aromatic nitrogens is 3. The highest BCUT2D eigenvalue weighted by Gasteiger charge is 2.22. The monoisotopic (exact) mass is 274 g/mol. The lowest BCUT2D eigenvalue weighted by Gasteiger charge is -2.20. The van der Waals surface area contributed by atoms with Gasteiger partial charge in [-0.05, 0) is 6.07 Å². The Kier molecular flexibility index (Phi) is 2.91. The molecule has 2 aromatic heterocycles. The Labute approximate surface area is 122 Å². The van der Waals surface area contributed by atoms with Crippen molar-refractivity contribution in [2.45, 2.75) is 12.5 Å². The van der Waals surface area contributed by atoms with Gasteiger partial charge in [0.25, 0.3) is 0 Å². The fraction of sp³-hybridized carbons (Fsp3) is 0.176. The molecule has 4 heteroatoms. The van der Waals surface area contributed by atoms with E-state index in [2.05, 4.69) is 56.4 Å². The van der Waals surface area contributed by atoms with Crippen LogP contribution in [0.5, 0.6) is 0 Å². The van der Waals surface area contributed by atoms with Gasteiger partial charge in [0.2, 0.25) is 0 Å². The van der Waals surface area contributed by atoms with E-state index in [4.69, 9.17) is 0 Å². The first-order valence-electron chi connectivity index (χ1n) is 7.01. The van der Waals surface area contributed by atoms with Gasteiger partial charge in [0.1, 0.15) is 6.33 Å². The van der Waals surface area contributed by atoms with Crippen LogP contribution in [0, 0.1) is 11.8 Å². The van der Waals surface area contributed by atoms with Crippen molar-refractivity contribution in [2.24, 2.45) is 0 Å². The summed E-state index contributed by atoms with van der Waals surface area (Å²) < 4.78 is 0. The maximum atomic E-state index is 3.99. The zero-order valence-electron chi connectivity index (χ0n) is 11.4. The van der Waals surface area contributed by atoms with Crippen LogP contribution in [-0.2, 0) is 6.42 Å². The molecule has 1 atom stereocenters. The summed E-state index contributed by atoms with van der Waals surface area (Å²) in [4.78, 5) is 11.5. The molecule has 0 saturated heterocycles. The van der Waals surface area contributed by atoms with Crippen molar-refractivity contribution in [3.05, 3.63) is 59.8 Å². The first-order valence-corrected chi connectivity index (χ1v) is 7.01. The van der Waals surface area contributed by atoms with E-state index in [0.29, 0.717) is 0 Å². The van der Waals surface area contributed by atoms with Crippen LogP contribution in [0.1, 0.15) is 22.9 Å². The second-order valence-electron chi connectivity index (χ2n) is 5.10. The number of nitrogens with one attached hydrogen (secondary N) is 2. The van der Waals surface area contributed by atoms with E-state index in [9.17, 15) is 0 Å². The minimum Gasteiger partial charge on any atom is -0.358 e. The minimum atomic E-state index is 0.0464. The third kappa shape index (κ3) is 2.18. The molecule has 1 aliphatic rings. The molecule has 0 radical (unpaired) electrons. The SMILES string of the molecule is C(#CC1NCCc2[nH]c3ccccc3c21)c1cncnc1. The van der Waals surface area contributed by atoms with Gasteiger partial charge in [0.05, 0.1) is 11.6 Å². The van der Waals surface area contributed by atoms with Crippen molar-refractivity contribution in [1.29, 1.82) is 0 Å². The molecule has 3 aromatic rings. The molecule has 1 aromatic carbocycles. The number of hydrogen-bond donors (Lipinski definition) is 2. The maximum absolute atomic E-state index is 3.99. The predicted octanol–water partition coefficient (Wildman–Crippen LogP) is 2.20.